The zero-order chi connectivity index (χ0) is 18.7. The van der Waals surface area contributed by atoms with Crippen molar-refractivity contribution in [3.8, 4) is 0 Å². The second-order valence-corrected chi connectivity index (χ2v) is 9.59. The zero-order valence-corrected chi connectivity index (χ0v) is 15.6. The molecule has 6 nitrogen and oxygen atoms in total. The summed E-state index contributed by atoms with van der Waals surface area (Å²) in [6, 6.07) is 0. The Morgan fingerprint density at radius 2 is 1.92 bits per heavy atom. The van der Waals surface area contributed by atoms with Gasteiger partial charge in [0.1, 0.15) is 23.9 Å². The van der Waals surface area contributed by atoms with Gasteiger partial charge < -0.3 is 24.8 Å². The fraction of sp³-hybridized carbons (Fsp3) is 0.850. The topological polar surface area (TPSA) is 96.2 Å². The molecule has 7 atom stereocenters. The number of carbonyl (C=O) groups is 1. The van der Waals surface area contributed by atoms with Crippen molar-refractivity contribution in [1.29, 1.82) is 0 Å². The minimum atomic E-state index is -1.68. The average molecular weight is 364 g/mol. The molecular weight excluding hydrogens is 336 g/mol. The van der Waals surface area contributed by atoms with Gasteiger partial charge in [-0.15, -0.1) is 0 Å². The molecule has 0 aromatic carbocycles. The summed E-state index contributed by atoms with van der Waals surface area (Å²) >= 11 is 0. The molecule has 0 unspecified atom stereocenters. The van der Waals surface area contributed by atoms with E-state index >= 15 is 0 Å². The van der Waals surface area contributed by atoms with Crippen molar-refractivity contribution in [2.75, 3.05) is 6.61 Å². The van der Waals surface area contributed by atoms with Crippen LogP contribution in [0.5, 0.6) is 0 Å². The minimum absolute atomic E-state index is 0.0256. The standard InChI is InChI=1S/C20H28O6/c1-10(2)18-6-7-19(23)17(3)5-4-11-12(9-25-15(11)21)13(17)8-14(26-18)20(19,24)16(18)22/h10,13-14,16,22-24H,4-9H2,1-3H3/t13-,14+,16+,17-,18+,19+,20+/m0/s1. The number of hydrogen-bond donors (Lipinski definition) is 3. The third-order valence-corrected chi connectivity index (χ3v) is 8.72. The maximum absolute atomic E-state index is 12.0. The summed E-state index contributed by atoms with van der Waals surface area (Å²) in [7, 11) is 0. The quantitative estimate of drug-likeness (QED) is 0.603. The maximum atomic E-state index is 12.0. The van der Waals surface area contributed by atoms with E-state index in [1.807, 2.05) is 20.8 Å². The lowest BCUT2D eigenvalue weighted by atomic mass is 9.43. The van der Waals surface area contributed by atoms with E-state index < -0.39 is 34.4 Å². The van der Waals surface area contributed by atoms with Crippen LogP contribution in [-0.4, -0.2) is 56.9 Å². The number of carbonyl (C=O) groups excluding carboxylic acids is 1. The highest BCUT2D eigenvalue weighted by Gasteiger charge is 2.81. The van der Waals surface area contributed by atoms with Crippen molar-refractivity contribution in [2.24, 2.45) is 17.3 Å². The van der Waals surface area contributed by atoms with Gasteiger partial charge >= 0.3 is 5.97 Å². The summed E-state index contributed by atoms with van der Waals surface area (Å²) in [6.45, 7) is 6.26. The molecule has 2 aliphatic heterocycles. The predicted octanol–water partition coefficient (Wildman–Crippen LogP) is 1.07. The highest BCUT2D eigenvalue weighted by molar-refractivity contribution is 5.92. The Kier molecular flexibility index (Phi) is 3.11. The molecule has 1 saturated heterocycles. The van der Waals surface area contributed by atoms with Crippen molar-refractivity contribution < 1.29 is 29.6 Å². The molecule has 3 aliphatic carbocycles. The molecule has 3 fully saturated rings. The SMILES string of the molecule is CC(C)[C@@]12CC[C@]3(O)[C@@](O)([C@@H](C[C@H]4C5=C(CC[C@@]43C)C(=O)OC5)O1)[C@@H]2O. The van der Waals surface area contributed by atoms with Crippen LogP contribution in [0.4, 0.5) is 0 Å². The van der Waals surface area contributed by atoms with Gasteiger partial charge in [-0.2, -0.15) is 0 Å². The number of hydrogen-bond acceptors (Lipinski definition) is 6. The van der Waals surface area contributed by atoms with Crippen molar-refractivity contribution in [3.63, 3.8) is 0 Å². The number of esters is 1. The van der Waals surface area contributed by atoms with E-state index in [4.69, 9.17) is 9.47 Å². The third kappa shape index (κ3) is 1.51. The van der Waals surface area contributed by atoms with E-state index in [0.717, 1.165) is 11.1 Å². The lowest BCUT2D eigenvalue weighted by molar-refractivity contribution is -0.298. The second kappa shape index (κ2) is 4.72. The molecule has 5 aliphatic rings. The first-order valence-corrected chi connectivity index (χ1v) is 9.81. The second-order valence-electron chi connectivity index (χ2n) is 9.59. The van der Waals surface area contributed by atoms with Gasteiger partial charge in [-0.1, -0.05) is 20.8 Å². The van der Waals surface area contributed by atoms with Crippen molar-refractivity contribution in [2.45, 2.75) is 81.9 Å². The van der Waals surface area contributed by atoms with Gasteiger partial charge in [-0.05, 0) is 49.5 Å². The van der Waals surface area contributed by atoms with Gasteiger partial charge in [0.2, 0.25) is 0 Å². The lowest BCUT2D eigenvalue weighted by Gasteiger charge is -2.64. The summed E-state index contributed by atoms with van der Waals surface area (Å²) in [6.07, 6.45) is 0.789. The largest absolute Gasteiger partial charge is 0.458 e. The van der Waals surface area contributed by atoms with Gasteiger partial charge in [0, 0.05) is 11.0 Å². The first-order valence-electron chi connectivity index (χ1n) is 9.81. The summed E-state index contributed by atoms with van der Waals surface area (Å²) in [5.74, 6) is -0.302. The molecule has 6 heteroatoms. The number of rotatable bonds is 1. The maximum Gasteiger partial charge on any atom is 0.334 e. The van der Waals surface area contributed by atoms with Crippen LogP contribution in [0.1, 0.15) is 52.9 Å². The average Bonchev–Trinajstić information content (AvgIpc) is 3.04. The molecule has 26 heavy (non-hydrogen) atoms. The van der Waals surface area contributed by atoms with Crippen molar-refractivity contribution in [3.05, 3.63) is 11.1 Å². The Morgan fingerprint density at radius 3 is 2.62 bits per heavy atom. The van der Waals surface area contributed by atoms with Gasteiger partial charge in [-0.25, -0.2) is 4.79 Å². The first-order chi connectivity index (χ1) is 12.1. The van der Waals surface area contributed by atoms with Crippen LogP contribution < -0.4 is 0 Å². The molecular formula is C20H28O6. The molecule has 144 valence electrons. The van der Waals surface area contributed by atoms with E-state index in [9.17, 15) is 20.1 Å². The molecule has 2 saturated carbocycles. The van der Waals surface area contributed by atoms with Crippen LogP contribution in [0.3, 0.4) is 0 Å². The number of fused-ring (bicyclic) bond motifs is 4. The smallest absolute Gasteiger partial charge is 0.334 e. The van der Waals surface area contributed by atoms with Crippen LogP contribution >= 0.6 is 0 Å². The highest BCUT2D eigenvalue weighted by atomic mass is 16.6. The molecule has 5 rings (SSSR count). The number of cyclic esters (lactones) is 1. The molecule has 2 bridgehead atoms. The predicted molar refractivity (Wildman–Crippen MR) is 91.0 cm³/mol. The monoisotopic (exact) mass is 364 g/mol. The Hall–Kier alpha value is -0.950. The Bertz CT molecular complexity index is 730. The highest BCUT2D eigenvalue weighted by Crippen LogP contribution is 2.69. The Balaban J connectivity index is 1.68. The van der Waals surface area contributed by atoms with E-state index in [1.165, 1.54) is 0 Å². The molecule has 0 amide bonds. The fourth-order valence-electron chi connectivity index (χ4n) is 7.02. The lowest BCUT2D eigenvalue weighted by Crippen LogP contribution is -2.78. The van der Waals surface area contributed by atoms with Crippen LogP contribution in [-0.2, 0) is 14.3 Å². The summed E-state index contributed by atoms with van der Waals surface area (Å²) in [5, 5.41) is 34.8. The van der Waals surface area contributed by atoms with Crippen molar-refractivity contribution >= 4 is 5.97 Å². The number of ether oxygens (including phenoxy) is 2. The van der Waals surface area contributed by atoms with Crippen LogP contribution in [0.2, 0.25) is 0 Å². The molecule has 0 aromatic rings. The van der Waals surface area contributed by atoms with Crippen LogP contribution in [0.15, 0.2) is 11.1 Å². The van der Waals surface area contributed by atoms with E-state index in [0.29, 0.717) is 32.1 Å². The van der Waals surface area contributed by atoms with Gasteiger partial charge in [0.25, 0.3) is 0 Å². The van der Waals surface area contributed by atoms with E-state index in [1.54, 1.807) is 0 Å². The van der Waals surface area contributed by atoms with Crippen LogP contribution in [0, 0.1) is 17.3 Å². The molecule has 0 radical (unpaired) electrons. The van der Waals surface area contributed by atoms with Gasteiger partial charge in [0.15, 0.2) is 0 Å². The zero-order valence-electron chi connectivity index (χ0n) is 15.6. The summed E-state index contributed by atoms with van der Waals surface area (Å²) in [4.78, 5) is 12.0. The normalized spacial score (nSPS) is 55.0. The summed E-state index contributed by atoms with van der Waals surface area (Å²) in [5.41, 5.74) is -2.87. The van der Waals surface area contributed by atoms with E-state index in [2.05, 4.69) is 0 Å². The number of aliphatic hydroxyl groups excluding tert-OH is 1. The van der Waals surface area contributed by atoms with Gasteiger partial charge in [-0.3, -0.25) is 0 Å². The minimum Gasteiger partial charge on any atom is -0.458 e. The van der Waals surface area contributed by atoms with Crippen molar-refractivity contribution in [1.82, 2.24) is 0 Å². The first kappa shape index (κ1) is 17.2. The summed E-state index contributed by atoms with van der Waals surface area (Å²) < 4.78 is 11.6. The third-order valence-electron chi connectivity index (χ3n) is 8.72. The number of aliphatic hydroxyl groups is 3. The molecule has 3 N–H and O–H groups in total. The fourth-order valence-corrected chi connectivity index (χ4v) is 7.02. The Morgan fingerprint density at radius 1 is 1.19 bits per heavy atom. The molecule has 0 spiro atoms. The van der Waals surface area contributed by atoms with Gasteiger partial charge in [0.05, 0.1) is 11.7 Å². The van der Waals surface area contributed by atoms with E-state index in [-0.39, 0.29) is 24.4 Å². The molecule has 2 heterocycles. The Labute approximate surface area is 153 Å². The van der Waals surface area contributed by atoms with Crippen LogP contribution in [0.25, 0.3) is 0 Å². The molecule has 0 aromatic heterocycles.